The molecule has 0 radical (unpaired) electrons. The average Bonchev–Trinajstić information content (AvgIpc) is 2.45. The first-order valence-electron chi connectivity index (χ1n) is 5.43. The minimum absolute atomic E-state index is 0.455. The van der Waals surface area contributed by atoms with Crippen molar-refractivity contribution >= 4 is 0 Å². The lowest BCUT2D eigenvalue weighted by atomic mass is 10.1. The quantitative estimate of drug-likeness (QED) is 0.780. The number of hydrogen-bond acceptors (Lipinski definition) is 2. The van der Waals surface area contributed by atoms with Crippen LogP contribution >= 0.6 is 0 Å². The van der Waals surface area contributed by atoms with Gasteiger partial charge in [0.2, 0.25) is 0 Å². The van der Waals surface area contributed by atoms with Crippen molar-refractivity contribution in [3.8, 4) is 0 Å². The van der Waals surface area contributed by atoms with Crippen molar-refractivity contribution in [3.63, 3.8) is 0 Å². The Balaban J connectivity index is 2.80. The molecule has 3 heteroatoms. The second-order valence-corrected chi connectivity index (χ2v) is 3.73. The molecule has 0 aliphatic rings. The van der Waals surface area contributed by atoms with Crippen molar-refractivity contribution in [1.82, 2.24) is 15.1 Å². The highest BCUT2D eigenvalue weighted by Crippen LogP contribution is 2.18. The first-order valence-corrected chi connectivity index (χ1v) is 5.43. The second-order valence-electron chi connectivity index (χ2n) is 3.73. The van der Waals surface area contributed by atoms with Crippen LogP contribution < -0.4 is 5.32 Å². The molecule has 0 bridgehead atoms. The van der Waals surface area contributed by atoms with Crippen LogP contribution in [0.1, 0.15) is 44.1 Å². The fourth-order valence-corrected chi connectivity index (χ4v) is 1.85. The van der Waals surface area contributed by atoms with Gasteiger partial charge in [-0.15, -0.1) is 0 Å². The van der Waals surface area contributed by atoms with Crippen LogP contribution in [0, 0.1) is 6.92 Å². The summed E-state index contributed by atoms with van der Waals surface area (Å²) in [6, 6.07) is 2.62. The van der Waals surface area contributed by atoms with E-state index in [-0.39, 0.29) is 0 Å². The van der Waals surface area contributed by atoms with Crippen LogP contribution in [0.2, 0.25) is 0 Å². The molecule has 1 atom stereocenters. The minimum Gasteiger partial charge on any atom is -0.309 e. The fraction of sp³-hybridized carbons (Fsp3) is 0.727. The van der Waals surface area contributed by atoms with Crippen molar-refractivity contribution < 1.29 is 0 Å². The minimum atomic E-state index is 0.455. The summed E-state index contributed by atoms with van der Waals surface area (Å²) in [5, 5.41) is 7.87. The Kier molecular flexibility index (Phi) is 4.14. The monoisotopic (exact) mass is 195 g/mol. The number of aryl methyl sites for hydroxylation is 2. The molecule has 1 N–H and O–H groups in total. The largest absolute Gasteiger partial charge is 0.309 e. The van der Waals surface area contributed by atoms with Crippen LogP contribution in [0.5, 0.6) is 0 Å². The highest BCUT2D eigenvalue weighted by Gasteiger charge is 2.13. The lowest BCUT2D eigenvalue weighted by Gasteiger charge is -2.16. The van der Waals surface area contributed by atoms with Crippen molar-refractivity contribution in [2.45, 2.75) is 39.7 Å². The first kappa shape index (κ1) is 11.2. The number of aromatic nitrogens is 2. The number of nitrogens with one attached hydrogen (secondary N) is 1. The van der Waals surface area contributed by atoms with Crippen molar-refractivity contribution in [3.05, 3.63) is 17.5 Å². The molecular formula is C11H21N3. The maximum atomic E-state index is 4.37. The van der Waals surface area contributed by atoms with Gasteiger partial charge < -0.3 is 5.32 Å². The van der Waals surface area contributed by atoms with E-state index in [1.165, 1.54) is 18.5 Å². The van der Waals surface area contributed by atoms with Crippen LogP contribution in [0.3, 0.4) is 0 Å². The van der Waals surface area contributed by atoms with Crippen LogP contribution in [0.25, 0.3) is 0 Å². The molecular weight excluding hydrogens is 174 g/mol. The molecule has 1 unspecified atom stereocenters. The van der Waals surface area contributed by atoms with Crippen molar-refractivity contribution in [2.24, 2.45) is 7.05 Å². The summed E-state index contributed by atoms with van der Waals surface area (Å²) in [6.45, 7) is 7.41. The maximum Gasteiger partial charge on any atom is 0.0597 e. The molecule has 0 fully saturated rings. The Morgan fingerprint density at radius 2 is 2.21 bits per heavy atom. The fourth-order valence-electron chi connectivity index (χ4n) is 1.85. The summed E-state index contributed by atoms with van der Waals surface area (Å²) in [6.07, 6.45) is 2.37. The Labute approximate surface area is 86.5 Å². The summed E-state index contributed by atoms with van der Waals surface area (Å²) < 4.78 is 1.98. The van der Waals surface area contributed by atoms with Crippen LogP contribution in [-0.2, 0) is 7.05 Å². The van der Waals surface area contributed by atoms with Gasteiger partial charge in [-0.1, -0.05) is 20.3 Å². The Morgan fingerprint density at radius 3 is 2.64 bits per heavy atom. The molecule has 0 aliphatic carbocycles. The van der Waals surface area contributed by atoms with Crippen LogP contribution in [0.15, 0.2) is 6.07 Å². The molecule has 0 aromatic carbocycles. The van der Waals surface area contributed by atoms with E-state index in [0.29, 0.717) is 6.04 Å². The Morgan fingerprint density at radius 1 is 1.50 bits per heavy atom. The predicted octanol–water partition coefficient (Wildman–Crippen LogP) is 2.18. The summed E-state index contributed by atoms with van der Waals surface area (Å²) in [4.78, 5) is 0. The van der Waals surface area contributed by atoms with Crippen molar-refractivity contribution in [1.29, 1.82) is 0 Å². The predicted molar refractivity (Wildman–Crippen MR) is 59.3 cm³/mol. The van der Waals surface area contributed by atoms with Crippen molar-refractivity contribution in [2.75, 3.05) is 6.54 Å². The first-order chi connectivity index (χ1) is 6.69. The van der Waals surface area contributed by atoms with Gasteiger partial charge in [-0.2, -0.15) is 5.10 Å². The smallest absolute Gasteiger partial charge is 0.0597 e. The molecule has 0 saturated carbocycles. The number of nitrogens with zero attached hydrogens (tertiary/aromatic N) is 2. The molecule has 1 aromatic heterocycles. The molecule has 0 aliphatic heterocycles. The van der Waals surface area contributed by atoms with E-state index >= 15 is 0 Å². The zero-order valence-electron chi connectivity index (χ0n) is 9.67. The summed E-state index contributed by atoms with van der Waals surface area (Å²) in [5.74, 6) is 0. The summed E-state index contributed by atoms with van der Waals surface area (Å²) in [7, 11) is 2.02. The Bertz CT molecular complexity index is 272. The SMILES string of the molecule is CCCC(NCC)c1cc(C)nn1C. The van der Waals surface area contributed by atoms with E-state index in [9.17, 15) is 0 Å². The highest BCUT2D eigenvalue weighted by molar-refractivity contribution is 5.12. The van der Waals surface area contributed by atoms with Gasteiger partial charge in [0, 0.05) is 13.1 Å². The molecule has 0 spiro atoms. The molecule has 1 aromatic rings. The maximum absolute atomic E-state index is 4.37. The number of hydrogen-bond donors (Lipinski definition) is 1. The van der Waals surface area contributed by atoms with E-state index in [0.717, 1.165) is 12.2 Å². The van der Waals surface area contributed by atoms with Crippen LogP contribution in [-0.4, -0.2) is 16.3 Å². The zero-order valence-corrected chi connectivity index (χ0v) is 9.67. The molecule has 0 amide bonds. The molecule has 0 saturated heterocycles. The van der Waals surface area contributed by atoms with Gasteiger partial charge in [0.15, 0.2) is 0 Å². The second kappa shape index (κ2) is 5.15. The third kappa shape index (κ3) is 2.58. The van der Waals surface area contributed by atoms with Gasteiger partial charge >= 0.3 is 0 Å². The third-order valence-corrected chi connectivity index (χ3v) is 2.42. The Hall–Kier alpha value is -0.830. The summed E-state index contributed by atoms with van der Waals surface area (Å²) >= 11 is 0. The van der Waals surface area contributed by atoms with Gasteiger partial charge in [-0.05, 0) is 26.0 Å². The van der Waals surface area contributed by atoms with E-state index in [4.69, 9.17) is 0 Å². The van der Waals surface area contributed by atoms with Gasteiger partial charge in [-0.3, -0.25) is 4.68 Å². The lowest BCUT2D eigenvalue weighted by Crippen LogP contribution is -2.22. The molecule has 14 heavy (non-hydrogen) atoms. The van der Waals surface area contributed by atoms with E-state index in [2.05, 4.69) is 30.3 Å². The molecule has 80 valence electrons. The van der Waals surface area contributed by atoms with Gasteiger partial charge in [0.1, 0.15) is 0 Å². The average molecular weight is 195 g/mol. The topological polar surface area (TPSA) is 29.9 Å². The van der Waals surface area contributed by atoms with Gasteiger partial charge in [-0.25, -0.2) is 0 Å². The third-order valence-electron chi connectivity index (χ3n) is 2.42. The highest BCUT2D eigenvalue weighted by atomic mass is 15.3. The zero-order chi connectivity index (χ0) is 10.6. The summed E-state index contributed by atoms with van der Waals surface area (Å²) in [5.41, 5.74) is 2.40. The number of rotatable bonds is 5. The lowest BCUT2D eigenvalue weighted by molar-refractivity contribution is 0.475. The van der Waals surface area contributed by atoms with Gasteiger partial charge in [0.05, 0.1) is 11.4 Å². The standard InChI is InChI=1S/C11H21N3/c1-5-7-10(12-6-2)11-8-9(3)13-14(11)4/h8,10,12H,5-7H2,1-4H3. The van der Waals surface area contributed by atoms with E-state index < -0.39 is 0 Å². The normalized spacial score (nSPS) is 13.1. The van der Waals surface area contributed by atoms with E-state index in [1.54, 1.807) is 0 Å². The molecule has 1 heterocycles. The van der Waals surface area contributed by atoms with E-state index in [1.807, 2.05) is 18.7 Å². The van der Waals surface area contributed by atoms with Gasteiger partial charge in [0.25, 0.3) is 0 Å². The molecule has 1 rings (SSSR count). The molecule has 3 nitrogen and oxygen atoms in total. The van der Waals surface area contributed by atoms with Crippen LogP contribution in [0.4, 0.5) is 0 Å².